The lowest BCUT2D eigenvalue weighted by atomic mass is 9.79. The molecule has 1 fully saturated rings. The van der Waals surface area contributed by atoms with E-state index in [2.05, 4.69) is 70.0 Å². The first-order chi connectivity index (χ1) is 15.6. The smallest absolute Gasteiger partial charge is 0.264 e. The molecule has 2 aromatic carbocycles. The molecule has 2 heterocycles. The molecular weight excluding hydrogens is 426 g/mol. The number of benzene rings is 2. The molecule has 0 spiro atoms. The molecule has 1 unspecified atom stereocenters. The van der Waals surface area contributed by atoms with Crippen LogP contribution in [0.15, 0.2) is 40.2 Å². The van der Waals surface area contributed by atoms with E-state index in [1.54, 1.807) is 0 Å². The summed E-state index contributed by atoms with van der Waals surface area (Å²) in [5.41, 5.74) is 8.39. The number of nitrogens with one attached hydrogen (secondary N) is 1. The third-order valence-electron chi connectivity index (χ3n) is 6.73. The van der Waals surface area contributed by atoms with Gasteiger partial charge in [-0.1, -0.05) is 31.5 Å². The van der Waals surface area contributed by atoms with Gasteiger partial charge in [0, 0.05) is 17.8 Å². The predicted octanol–water partition coefficient (Wildman–Crippen LogP) is 7.01. The maximum absolute atomic E-state index is 12.7. The molecular formula is C28H35N3OS. The van der Waals surface area contributed by atoms with E-state index in [0.717, 1.165) is 36.2 Å². The Balaban J connectivity index is 1.66. The van der Waals surface area contributed by atoms with E-state index in [9.17, 15) is 4.79 Å². The van der Waals surface area contributed by atoms with Crippen LogP contribution < -0.4 is 10.2 Å². The number of aliphatic imine (C=N–C) groups is 1. The second kappa shape index (κ2) is 9.02. The van der Waals surface area contributed by atoms with E-state index in [-0.39, 0.29) is 11.4 Å². The van der Waals surface area contributed by atoms with Crippen LogP contribution in [0.4, 0.5) is 11.4 Å². The number of amidine groups is 1. The van der Waals surface area contributed by atoms with Crippen molar-refractivity contribution in [1.82, 2.24) is 5.32 Å². The zero-order valence-corrected chi connectivity index (χ0v) is 21.7. The molecule has 174 valence electrons. The number of carbonyl (C=O) groups is 1. The summed E-state index contributed by atoms with van der Waals surface area (Å²) >= 11 is 1.42. The maximum atomic E-state index is 12.7. The summed E-state index contributed by atoms with van der Waals surface area (Å²) < 4.78 is 0. The quantitative estimate of drug-likeness (QED) is 0.498. The molecule has 1 N–H and O–H groups in total. The summed E-state index contributed by atoms with van der Waals surface area (Å²) in [5.74, 6) is 0.398. The number of anilines is 1. The number of hydrogen-bond acceptors (Lipinski definition) is 4. The number of amides is 1. The van der Waals surface area contributed by atoms with Gasteiger partial charge in [-0.15, -0.1) is 0 Å². The first-order valence-corrected chi connectivity index (χ1v) is 12.7. The molecule has 0 radical (unpaired) electrons. The minimum absolute atomic E-state index is 0.0811. The van der Waals surface area contributed by atoms with Crippen molar-refractivity contribution in [3.8, 4) is 0 Å². The summed E-state index contributed by atoms with van der Waals surface area (Å²) in [7, 11) is 0. The molecule has 4 rings (SSSR count). The van der Waals surface area contributed by atoms with Crippen LogP contribution in [0.3, 0.4) is 0 Å². The van der Waals surface area contributed by atoms with Crippen molar-refractivity contribution in [3.63, 3.8) is 0 Å². The van der Waals surface area contributed by atoms with E-state index in [0.29, 0.717) is 16.0 Å². The van der Waals surface area contributed by atoms with Crippen LogP contribution in [0.5, 0.6) is 0 Å². The number of thioether (sulfide) groups is 1. The van der Waals surface area contributed by atoms with Crippen molar-refractivity contribution in [1.29, 1.82) is 0 Å². The number of nitrogens with zero attached hydrogens (tertiary/aromatic N) is 2. The van der Waals surface area contributed by atoms with Crippen LogP contribution in [-0.4, -0.2) is 23.2 Å². The predicted molar refractivity (Wildman–Crippen MR) is 143 cm³/mol. The molecule has 2 aliphatic rings. The van der Waals surface area contributed by atoms with Crippen molar-refractivity contribution < 1.29 is 4.79 Å². The van der Waals surface area contributed by atoms with Crippen molar-refractivity contribution in [2.75, 3.05) is 11.4 Å². The largest absolute Gasteiger partial charge is 0.366 e. The molecule has 1 saturated heterocycles. The highest BCUT2D eigenvalue weighted by Gasteiger charge is 2.36. The number of rotatable bonds is 4. The minimum Gasteiger partial charge on any atom is -0.366 e. The van der Waals surface area contributed by atoms with Gasteiger partial charge in [0.1, 0.15) is 0 Å². The fraction of sp³-hybridized carbons (Fsp3) is 0.429. The molecule has 0 saturated carbocycles. The molecule has 4 nitrogen and oxygen atoms in total. The number of aryl methyl sites for hydroxylation is 3. The molecule has 5 heteroatoms. The van der Waals surface area contributed by atoms with E-state index in [1.165, 1.54) is 34.1 Å². The first kappa shape index (κ1) is 23.6. The van der Waals surface area contributed by atoms with Gasteiger partial charge in [-0.2, -0.15) is 0 Å². The Kier molecular flexibility index (Phi) is 6.45. The average Bonchev–Trinajstić information content (AvgIpc) is 3.07. The van der Waals surface area contributed by atoms with Crippen molar-refractivity contribution in [2.45, 2.75) is 72.8 Å². The van der Waals surface area contributed by atoms with E-state index >= 15 is 0 Å². The van der Waals surface area contributed by atoms with E-state index in [1.807, 2.05) is 25.1 Å². The van der Waals surface area contributed by atoms with Gasteiger partial charge in [-0.25, -0.2) is 4.99 Å². The number of hydrogen-bond donors (Lipinski definition) is 1. The monoisotopic (exact) mass is 461 g/mol. The van der Waals surface area contributed by atoms with Crippen LogP contribution in [-0.2, 0) is 4.79 Å². The molecule has 1 amide bonds. The van der Waals surface area contributed by atoms with Gasteiger partial charge in [0.2, 0.25) is 0 Å². The van der Waals surface area contributed by atoms with Crippen LogP contribution in [0.2, 0.25) is 0 Å². The number of fused-ring (bicyclic) bond motifs is 1. The standard InChI is InChI=1S/C28H35N3OS/c1-8-11-31-24-13-18(3)21(14-22(24)20(5)16-28(31,6)7)15-25-26(32)30-27(33-25)29-23-10-9-17(2)12-19(23)4/h9-10,12-15,20H,8,11,16H2,1-7H3,(H,29,30,32)/b25-15+. The second-order valence-electron chi connectivity index (χ2n) is 10.1. The Labute approximate surface area is 202 Å². The minimum atomic E-state index is -0.0811. The Morgan fingerprint density at radius 3 is 2.64 bits per heavy atom. The van der Waals surface area contributed by atoms with Gasteiger partial charge in [0.05, 0.1) is 10.6 Å². The van der Waals surface area contributed by atoms with Crippen LogP contribution in [0.25, 0.3) is 6.08 Å². The summed E-state index contributed by atoms with van der Waals surface area (Å²) in [5, 5.41) is 3.57. The lowest BCUT2D eigenvalue weighted by Crippen LogP contribution is -2.48. The number of carbonyl (C=O) groups excluding carboxylic acids is 1. The summed E-state index contributed by atoms with van der Waals surface area (Å²) in [6, 6.07) is 10.8. The van der Waals surface area contributed by atoms with Gasteiger partial charge in [0.25, 0.3) is 5.91 Å². The van der Waals surface area contributed by atoms with Crippen LogP contribution in [0.1, 0.15) is 74.3 Å². The van der Waals surface area contributed by atoms with Gasteiger partial charge < -0.3 is 10.2 Å². The fourth-order valence-corrected chi connectivity index (χ4v) is 5.94. The fourth-order valence-electron chi connectivity index (χ4n) is 5.12. The van der Waals surface area contributed by atoms with Crippen LogP contribution in [0, 0.1) is 20.8 Å². The molecule has 2 aliphatic heterocycles. The third kappa shape index (κ3) is 4.74. The normalized spacial score (nSPS) is 22.1. The van der Waals surface area contributed by atoms with Crippen molar-refractivity contribution in [2.24, 2.45) is 4.99 Å². The molecule has 0 aliphatic carbocycles. The van der Waals surface area contributed by atoms with E-state index in [4.69, 9.17) is 4.99 Å². The zero-order chi connectivity index (χ0) is 23.9. The molecule has 0 bridgehead atoms. The summed E-state index contributed by atoms with van der Waals surface area (Å²) in [4.78, 5) is 20.7. The highest BCUT2D eigenvalue weighted by molar-refractivity contribution is 8.18. The van der Waals surface area contributed by atoms with Gasteiger partial charge in [-0.3, -0.25) is 4.79 Å². The van der Waals surface area contributed by atoms with Crippen molar-refractivity contribution >= 4 is 40.3 Å². The molecule has 1 atom stereocenters. The highest BCUT2D eigenvalue weighted by atomic mass is 32.2. The summed E-state index contributed by atoms with van der Waals surface area (Å²) in [6.45, 7) is 16.6. The second-order valence-corrected chi connectivity index (χ2v) is 11.1. The Morgan fingerprint density at radius 2 is 1.94 bits per heavy atom. The Hall–Kier alpha value is -2.53. The van der Waals surface area contributed by atoms with Crippen LogP contribution >= 0.6 is 11.8 Å². The Bertz CT molecular complexity index is 1160. The van der Waals surface area contributed by atoms with Gasteiger partial charge in [0.15, 0.2) is 5.17 Å². The van der Waals surface area contributed by atoms with Gasteiger partial charge >= 0.3 is 0 Å². The van der Waals surface area contributed by atoms with E-state index < -0.39 is 0 Å². The first-order valence-electron chi connectivity index (χ1n) is 11.9. The van der Waals surface area contributed by atoms with Crippen molar-refractivity contribution in [3.05, 3.63) is 63.1 Å². The van der Waals surface area contributed by atoms with Gasteiger partial charge in [-0.05, 0) is 112 Å². The lowest BCUT2D eigenvalue weighted by Gasteiger charge is -2.48. The topological polar surface area (TPSA) is 44.7 Å². The molecule has 0 aromatic heterocycles. The Morgan fingerprint density at radius 1 is 1.18 bits per heavy atom. The molecule has 2 aromatic rings. The summed E-state index contributed by atoms with van der Waals surface area (Å²) in [6.07, 6.45) is 4.28. The third-order valence-corrected chi connectivity index (χ3v) is 7.64. The SMILES string of the molecule is CCCN1c2cc(C)c(/C=C3/SC(=Nc4ccc(C)cc4C)NC3=O)cc2C(C)CC1(C)C. The average molecular weight is 462 g/mol. The maximum Gasteiger partial charge on any atom is 0.264 e. The highest BCUT2D eigenvalue weighted by Crippen LogP contribution is 2.45. The zero-order valence-electron chi connectivity index (χ0n) is 20.9. The lowest BCUT2D eigenvalue weighted by molar-refractivity contribution is -0.115. The molecule has 33 heavy (non-hydrogen) atoms.